The third-order valence-corrected chi connectivity index (χ3v) is 6.76. The molecule has 0 saturated carbocycles. The number of amidine groups is 1. The van der Waals surface area contributed by atoms with E-state index in [1.165, 1.54) is 18.2 Å². The van der Waals surface area contributed by atoms with Gasteiger partial charge in [-0.05, 0) is 49.6 Å². The number of rotatable bonds is 11. The molecule has 1 atom stereocenters. The van der Waals surface area contributed by atoms with Crippen LogP contribution in [0.2, 0.25) is 0 Å². The van der Waals surface area contributed by atoms with Gasteiger partial charge < -0.3 is 20.9 Å². The molecule has 0 bridgehead atoms. The van der Waals surface area contributed by atoms with Gasteiger partial charge in [0, 0.05) is 10.4 Å². The largest absolute Gasteiger partial charge is 0.480 e. The molecular weight excluding hydrogens is 506 g/mol. The number of nitrogens with one attached hydrogen (secondary N) is 2. The molecule has 0 fully saturated rings. The number of hydrogen-bond donors (Lipinski definition) is 4. The predicted octanol–water partition coefficient (Wildman–Crippen LogP) is 4.26. The highest BCUT2D eigenvalue weighted by Crippen LogP contribution is 2.35. The Morgan fingerprint density at radius 1 is 1.17 bits per heavy atom. The normalized spacial score (nSPS) is 12.6. The van der Waals surface area contributed by atoms with Crippen LogP contribution in [0.4, 0.5) is 17.6 Å². The van der Waals surface area contributed by atoms with Crippen LogP contribution in [0.1, 0.15) is 53.2 Å². The molecule has 0 spiro atoms. The minimum atomic E-state index is -4.79. The van der Waals surface area contributed by atoms with Gasteiger partial charge >= 0.3 is 18.1 Å². The number of ether oxygens (including phenoxy) is 1. The highest BCUT2D eigenvalue weighted by Gasteiger charge is 2.41. The molecule has 196 valence electrons. The van der Waals surface area contributed by atoms with E-state index in [9.17, 15) is 31.9 Å². The number of carbonyl (C=O) groups is 3. The molecule has 8 nitrogen and oxygen atoms in total. The smallest absolute Gasteiger partial charge is 0.391 e. The van der Waals surface area contributed by atoms with E-state index in [1.54, 1.807) is 13.8 Å². The SMILES string of the molecule is CCC(CC)(Cc1ccc(C(=O)Oc2ccc(C(=N)N)cc2F)s1)C(=O)NC(CC(F)(F)F)C(=O)O. The van der Waals surface area contributed by atoms with Crippen LogP contribution < -0.4 is 15.8 Å². The molecule has 5 N–H and O–H groups in total. The molecule has 0 saturated heterocycles. The monoisotopic (exact) mass is 531 g/mol. The first kappa shape index (κ1) is 28.8. The first-order valence-electron chi connectivity index (χ1n) is 10.8. The van der Waals surface area contributed by atoms with Gasteiger partial charge in [0.25, 0.3) is 0 Å². The zero-order valence-corrected chi connectivity index (χ0v) is 20.2. The molecule has 13 heteroatoms. The molecular formula is C23H25F4N3O5S. The molecule has 1 unspecified atom stereocenters. The maximum Gasteiger partial charge on any atom is 0.391 e. The number of benzene rings is 1. The van der Waals surface area contributed by atoms with Crippen molar-refractivity contribution in [1.82, 2.24) is 5.32 Å². The molecule has 1 amide bonds. The molecule has 2 aromatic rings. The number of nitrogens with two attached hydrogens (primary N) is 1. The van der Waals surface area contributed by atoms with Gasteiger partial charge in [-0.25, -0.2) is 14.0 Å². The summed E-state index contributed by atoms with van der Waals surface area (Å²) in [6.07, 6.45) is -6.08. The fraction of sp³-hybridized carbons (Fsp3) is 0.391. The lowest BCUT2D eigenvalue weighted by Crippen LogP contribution is -2.50. The third kappa shape index (κ3) is 7.26. The Balaban J connectivity index is 2.18. The second-order valence-electron chi connectivity index (χ2n) is 8.06. The number of carboxylic acids is 1. The molecule has 2 rings (SSSR count). The average Bonchev–Trinajstić information content (AvgIpc) is 3.25. The second-order valence-corrected chi connectivity index (χ2v) is 9.23. The van der Waals surface area contributed by atoms with Crippen molar-refractivity contribution in [2.24, 2.45) is 11.1 Å². The minimum absolute atomic E-state index is 0.0316. The van der Waals surface area contributed by atoms with Crippen LogP contribution >= 0.6 is 11.3 Å². The van der Waals surface area contributed by atoms with Crippen LogP contribution in [0.25, 0.3) is 0 Å². The van der Waals surface area contributed by atoms with Crippen molar-refractivity contribution in [3.8, 4) is 5.75 Å². The molecule has 0 aliphatic rings. The van der Waals surface area contributed by atoms with Crippen LogP contribution in [0.3, 0.4) is 0 Å². The van der Waals surface area contributed by atoms with Gasteiger partial charge in [-0.1, -0.05) is 13.8 Å². The fourth-order valence-corrected chi connectivity index (χ4v) is 4.49. The Morgan fingerprint density at radius 3 is 2.31 bits per heavy atom. The summed E-state index contributed by atoms with van der Waals surface area (Å²) in [5.74, 6) is -5.14. The van der Waals surface area contributed by atoms with Crippen molar-refractivity contribution in [2.45, 2.75) is 51.7 Å². The Hall–Kier alpha value is -3.48. The number of carboxylic acid groups (broad SMARTS) is 1. The van der Waals surface area contributed by atoms with E-state index in [2.05, 4.69) is 0 Å². The highest BCUT2D eigenvalue weighted by atomic mass is 32.1. The molecule has 1 aromatic heterocycles. The number of nitrogen functional groups attached to an aromatic ring is 1. The number of halogens is 4. The first-order valence-corrected chi connectivity index (χ1v) is 11.6. The van der Waals surface area contributed by atoms with Crippen LogP contribution in [-0.2, 0) is 16.0 Å². The number of alkyl halides is 3. The van der Waals surface area contributed by atoms with E-state index in [1.807, 2.05) is 5.32 Å². The van der Waals surface area contributed by atoms with Crippen molar-refractivity contribution in [1.29, 1.82) is 5.41 Å². The Kier molecular flexibility index (Phi) is 9.19. The summed E-state index contributed by atoms with van der Waals surface area (Å²) in [6.45, 7) is 3.30. The molecule has 0 aliphatic heterocycles. The number of amides is 1. The summed E-state index contributed by atoms with van der Waals surface area (Å²) in [5.41, 5.74) is 4.18. The lowest BCUT2D eigenvalue weighted by molar-refractivity contribution is -0.161. The quantitative estimate of drug-likeness (QED) is 0.112. The average molecular weight is 532 g/mol. The van der Waals surface area contributed by atoms with E-state index in [0.717, 1.165) is 23.5 Å². The second kappa shape index (κ2) is 11.5. The standard InChI is InChI=1S/C23H25F4N3O5S/c1-3-22(4-2,21(34)30-15(19(31)32)11-23(25,26)27)10-13-6-8-17(36-13)20(33)35-16-7-5-12(18(28)29)9-14(16)24/h5-9,15H,3-4,10-11H2,1-2H3,(H3,28,29)(H,30,34)(H,31,32). The first-order chi connectivity index (χ1) is 16.7. The summed E-state index contributed by atoms with van der Waals surface area (Å²) in [7, 11) is 0. The zero-order valence-electron chi connectivity index (χ0n) is 19.4. The molecule has 1 aromatic carbocycles. The van der Waals surface area contributed by atoms with E-state index < -0.39 is 47.7 Å². The van der Waals surface area contributed by atoms with Gasteiger partial charge in [0.15, 0.2) is 11.6 Å². The maximum absolute atomic E-state index is 14.2. The van der Waals surface area contributed by atoms with E-state index in [0.29, 0.717) is 4.88 Å². The summed E-state index contributed by atoms with van der Waals surface area (Å²) < 4.78 is 57.5. The van der Waals surface area contributed by atoms with Gasteiger partial charge in [0.2, 0.25) is 5.91 Å². The highest BCUT2D eigenvalue weighted by molar-refractivity contribution is 7.14. The number of thiophene rings is 1. The summed E-state index contributed by atoms with van der Waals surface area (Å²) in [4.78, 5) is 37.3. The summed E-state index contributed by atoms with van der Waals surface area (Å²) >= 11 is 0.957. The summed E-state index contributed by atoms with van der Waals surface area (Å²) in [5, 5.41) is 18.4. The van der Waals surface area contributed by atoms with Gasteiger partial charge in [0.1, 0.15) is 16.8 Å². The number of hydrogen-bond acceptors (Lipinski definition) is 6. The molecule has 0 radical (unpaired) electrons. The van der Waals surface area contributed by atoms with Crippen molar-refractivity contribution >= 4 is 35.0 Å². The van der Waals surface area contributed by atoms with Gasteiger partial charge in [-0.2, -0.15) is 13.2 Å². The third-order valence-electron chi connectivity index (χ3n) is 5.70. The maximum atomic E-state index is 14.2. The number of aliphatic carboxylic acids is 1. The lowest BCUT2D eigenvalue weighted by atomic mass is 9.77. The molecule has 1 heterocycles. The Labute approximate surface area is 208 Å². The lowest BCUT2D eigenvalue weighted by Gasteiger charge is -2.31. The Bertz CT molecular complexity index is 1150. The topological polar surface area (TPSA) is 143 Å². The van der Waals surface area contributed by atoms with E-state index >= 15 is 0 Å². The molecule has 36 heavy (non-hydrogen) atoms. The number of carbonyl (C=O) groups excluding carboxylic acids is 2. The van der Waals surface area contributed by atoms with Gasteiger partial charge in [0.05, 0.1) is 11.8 Å². The number of esters is 1. The van der Waals surface area contributed by atoms with Crippen molar-refractivity contribution in [3.63, 3.8) is 0 Å². The van der Waals surface area contributed by atoms with Gasteiger partial charge in [-0.3, -0.25) is 10.2 Å². The Morgan fingerprint density at radius 2 is 1.81 bits per heavy atom. The zero-order chi connectivity index (χ0) is 27.3. The van der Waals surface area contributed by atoms with Crippen molar-refractivity contribution in [2.75, 3.05) is 0 Å². The van der Waals surface area contributed by atoms with E-state index in [4.69, 9.17) is 21.0 Å². The van der Waals surface area contributed by atoms with Crippen LogP contribution in [0.5, 0.6) is 5.75 Å². The van der Waals surface area contributed by atoms with E-state index in [-0.39, 0.29) is 41.3 Å². The minimum Gasteiger partial charge on any atom is -0.480 e. The van der Waals surface area contributed by atoms with Crippen LogP contribution in [0.15, 0.2) is 30.3 Å². The van der Waals surface area contributed by atoms with Crippen LogP contribution in [0, 0.1) is 16.6 Å². The van der Waals surface area contributed by atoms with Crippen LogP contribution in [-0.4, -0.2) is 41.0 Å². The molecule has 0 aliphatic carbocycles. The fourth-order valence-electron chi connectivity index (χ4n) is 3.46. The van der Waals surface area contributed by atoms with Crippen molar-refractivity contribution < 1.29 is 41.8 Å². The van der Waals surface area contributed by atoms with Gasteiger partial charge in [-0.15, -0.1) is 11.3 Å². The van der Waals surface area contributed by atoms with Crippen molar-refractivity contribution in [3.05, 3.63) is 51.5 Å². The predicted molar refractivity (Wildman–Crippen MR) is 124 cm³/mol. The summed E-state index contributed by atoms with van der Waals surface area (Å²) in [6, 6.07) is 4.22.